The molecule has 2 rings (SSSR count). The zero-order chi connectivity index (χ0) is 18.9. The van der Waals surface area contributed by atoms with Crippen LogP contribution in [0.4, 0.5) is 5.69 Å². The van der Waals surface area contributed by atoms with Gasteiger partial charge in [0.25, 0.3) is 0 Å². The van der Waals surface area contributed by atoms with Crippen LogP contribution in [0, 0.1) is 0 Å². The van der Waals surface area contributed by atoms with Gasteiger partial charge in [0.15, 0.2) is 0 Å². The quantitative estimate of drug-likeness (QED) is 0.528. The van der Waals surface area contributed by atoms with Crippen molar-refractivity contribution in [2.75, 3.05) is 24.7 Å². The van der Waals surface area contributed by atoms with Crippen LogP contribution in [0.5, 0.6) is 5.75 Å². The van der Waals surface area contributed by atoms with Gasteiger partial charge < -0.3 is 20.7 Å². The van der Waals surface area contributed by atoms with Crippen molar-refractivity contribution in [2.45, 2.75) is 31.3 Å². The van der Waals surface area contributed by atoms with Crippen molar-refractivity contribution in [3.63, 3.8) is 0 Å². The van der Waals surface area contributed by atoms with E-state index in [0.717, 1.165) is 0 Å². The number of carbonyl (C=O) groups is 3. The number of anilines is 1. The number of benzene rings is 1. The second-order valence-electron chi connectivity index (χ2n) is 5.68. The average Bonchev–Trinajstić information content (AvgIpc) is 2.61. The summed E-state index contributed by atoms with van der Waals surface area (Å²) < 4.78 is 5.48. The predicted molar refractivity (Wildman–Crippen MR) is 101 cm³/mol. The molecule has 0 aliphatic carbocycles. The molecule has 0 bridgehead atoms. The van der Waals surface area contributed by atoms with E-state index in [-0.39, 0.29) is 42.4 Å². The van der Waals surface area contributed by atoms with Gasteiger partial charge in [-0.2, -0.15) is 0 Å². The minimum absolute atomic E-state index is 0.133. The Morgan fingerprint density at radius 3 is 2.81 bits per heavy atom. The lowest BCUT2D eigenvalue weighted by Crippen LogP contribution is -2.55. The summed E-state index contributed by atoms with van der Waals surface area (Å²) >= 11 is 1.26. The third-order valence-electron chi connectivity index (χ3n) is 3.66. The van der Waals surface area contributed by atoms with E-state index in [1.807, 2.05) is 19.1 Å². The highest BCUT2D eigenvalue weighted by Gasteiger charge is 2.27. The molecular formula is C17H24N4O4S. The van der Waals surface area contributed by atoms with Gasteiger partial charge in [0.1, 0.15) is 11.2 Å². The maximum atomic E-state index is 12.2. The molecule has 1 fully saturated rings. The van der Waals surface area contributed by atoms with Crippen molar-refractivity contribution >= 4 is 35.2 Å². The summed E-state index contributed by atoms with van der Waals surface area (Å²) in [7, 11) is 1.56. The molecule has 142 valence electrons. The average molecular weight is 380 g/mol. The SMILES string of the molecule is CCOc1ccccc1NC(=O)CSC1NC(=O)CC(CC(=O)NC)N1. The number of rotatable bonds is 8. The molecule has 1 saturated heterocycles. The van der Waals surface area contributed by atoms with E-state index in [9.17, 15) is 14.4 Å². The maximum Gasteiger partial charge on any atom is 0.234 e. The van der Waals surface area contributed by atoms with Gasteiger partial charge in [0.2, 0.25) is 17.7 Å². The first-order valence-corrected chi connectivity index (χ1v) is 9.46. The second-order valence-corrected chi connectivity index (χ2v) is 6.77. The number of amides is 3. The van der Waals surface area contributed by atoms with Crippen LogP contribution in [-0.2, 0) is 14.4 Å². The van der Waals surface area contributed by atoms with E-state index in [1.54, 1.807) is 19.2 Å². The van der Waals surface area contributed by atoms with Gasteiger partial charge in [-0.05, 0) is 19.1 Å². The fourth-order valence-electron chi connectivity index (χ4n) is 2.49. The Morgan fingerprint density at radius 2 is 2.08 bits per heavy atom. The molecule has 2 atom stereocenters. The molecule has 0 aromatic heterocycles. The first-order chi connectivity index (χ1) is 12.5. The zero-order valence-electron chi connectivity index (χ0n) is 14.8. The Balaban J connectivity index is 1.84. The van der Waals surface area contributed by atoms with Crippen LogP contribution in [-0.4, -0.2) is 48.7 Å². The van der Waals surface area contributed by atoms with Gasteiger partial charge in [0, 0.05) is 25.9 Å². The number of carbonyl (C=O) groups excluding carboxylic acids is 3. The smallest absolute Gasteiger partial charge is 0.234 e. The minimum atomic E-state index is -0.418. The van der Waals surface area contributed by atoms with Gasteiger partial charge >= 0.3 is 0 Å². The molecule has 26 heavy (non-hydrogen) atoms. The van der Waals surface area contributed by atoms with E-state index in [0.29, 0.717) is 18.0 Å². The van der Waals surface area contributed by atoms with Crippen molar-refractivity contribution in [3.05, 3.63) is 24.3 Å². The molecule has 1 aliphatic heterocycles. The summed E-state index contributed by atoms with van der Waals surface area (Å²) in [5.74, 6) is 0.281. The third-order valence-corrected chi connectivity index (χ3v) is 4.68. The number of hydrogen-bond donors (Lipinski definition) is 4. The number of thioether (sulfide) groups is 1. The second kappa shape index (κ2) is 10.0. The Bertz CT molecular complexity index is 655. The molecule has 1 aromatic rings. The lowest BCUT2D eigenvalue weighted by Gasteiger charge is -2.30. The Labute approximate surface area is 156 Å². The number of para-hydroxylation sites is 2. The van der Waals surface area contributed by atoms with Crippen molar-refractivity contribution < 1.29 is 19.1 Å². The van der Waals surface area contributed by atoms with Crippen molar-refractivity contribution in [1.29, 1.82) is 0 Å². The Hall–Kier alpha value is -2.26. The molecular weight excluding hydrogens is 356 g/mol. The Morgan fingerprint density at radius 1 is 1.31 bits per heavy atom. The van der Waals surface area contributed by atoms with E-state index in [2.05, 4.69) is 21.3 Å². The summed E-state index contributed by atoms with van der Waals surface area (Å²) in [6.45, 7) is 2.38. The Kier molecular flexibility index (Phi) is 7.73. The fraction of sp³-hybridized carbons (Fsp3) is 0.471. The lowest BCUT2D eigenvalue weighted by molar-refractivity contribution is -0.125. The third kappa shape index (κ3) is 6.23. The van der Waals surface area contributed by atoms with Crippen LogP contribution < -0.4 is 26.0 Å². The standard InChI is InChI=1S/C17H24N4O4S/c1-3-25-13-7-5-4-6-12(13)20-16(24)10-26-17-19-11(8-14(22)18-2)9-15(23)21-17/h4-7,11,17,19H,3,8-10H2,1-2H3,(H,18,22)(H,20,24)(H,21,23). The first kappa shape index (κ1) is 20.1. The minimum Gasteiger partial charge on any atom is -0.492 e. The van der Waals surface area contributed by atoms with Crippen LogP contribution in [0.3, 0.4) is 0 Å². The fourth-order valence-corrected chi connectivity index (χ4v) is 3.38. The number of ether oxygens (including phenoxy) is 1. The largest absolute Gasteiger partial charge is 0.492 e. The monoisotopic (exact) mass is 380 g/mol. The highest BCUT2D eigenvalue weighted by Crippen LogP contribution is 2.24. The molecule has 1 heterocycles. The van der Waals surface area contributed by atoms with Crippen LogP contribution in [0.2, 0.25) is 0 Å². The van der Waals surface area contributed by atoms with E-state index in [1.165, 1.54) is 11.8 Å². The first-order valence-electron chi connectivity index (χ1n) is 8.41. The molecule has 4 N–H and O–H groups in total. The summed E-state index contributed by atoms with van der Waals surface area (Å²) in [6.07, 6.45) is 0.452. The maximum absolute atomic E-state index is 12.2. The molecule has 2 unspecified atom stereocenters. The van der Waals surface area contributed by atoms with Gasteiger partial charge in [-0.1, -0.05) is 12.1 Å². The topological polar surface area (TPSA) is 109 Å². The molecule has 8 nitrogen and oxygen atoms in total. The van der Waals surface area contributed by atoms with E-state index in [4.69, 9.17) is 4.74 Å². The lowest BCUT2D eigenvalue weighted by atomic mass is 10.1. The number of nitrogens with one attached hydrogen (secondary N) is 4. The highest BCUT2D eigenvalue weighted by atomic mass is 32.2. The summed E-state index contributed by atoms with van der Waals surface area (Å²) in [4.78, 5) is 35.5. The van der Waals surface area contributed by atoms with Gasteiger partial charge in [0.05, 0.1) is 18.0 Å². The highest BCUT2D eigenvalue weighted by molar-refractivity contribution is 8.00. The molecule has 9 heteroatoms. The van der Waals surface area contributed by atoms with Gasteiger partial charge in [-0.15, -0.1) is 11.8 Å². The molecule has 0 saturated carbocycles. The van der Waals surface area contributed by atoms with Gasteiger partial charge in [-0.3, -0.25) is 19.7 Å². The van der Waals surface area contributed by atoms with Crippen LogP contribution in [0.25, 0.3) is 0 Å². The molecule has 3 amide bonds. The summed E-state index contributed by atoms with van der Waals surface area (Å²) in [5.41, 5.74) is 0.192. The van der Waals surface area contributed by atoms with Crippen LogP contribution in [0.1, 0.15) is 19.8 Å². The molecule has 1 aromatic carbocycles. The van der Waals surface area contributed by atoms with Crippen molar-refractivity contribution in [1.82, 2.24) is 16.0 Å². The van der Waals surface area contributed by atoms with Crippen molar-refractivity contribution in [3.8, 4) is 5.75 Å². The normalized spacial score (nSPS) is 19.4. The molecule has 1 aliphatic rings. The van der Waals surface area contributed by atoms with E-state index >= 15 is 0 Å². The zero-order valence-corrected chi connectivity index (χ0v) is 15.7. The molecule has 0 radical (unpaired) electrons. The van der Waals surface area contributed by atoms with E-state index < -0.39 is 5.50 Å². The summed E-state index contributed by atoms with van der Waals surface area (Å²) in [5, 5.41) is 11.3. The van der Waals surface area contributed by atoms with Crippen molar-refractivity contribution in [2.24, 2.45) is 0 Å². The van der Waals surface area contributed by atoms with Crippen LogP contribution in [0.15, 0.2) is 24.3 Å². The number of hydrogen-bond acceptors (Lipinski definition) is 6. The molecule has 0 spiro atoms. The summed E-state index contributed by atoms with van der Waals surface area (Å²) in [6, 6.07) is 6.97. The predicted octanol–water partition coefficient (Wildman–Crippen LogP) is 0.655. The van der Waals surface area contributed by atoms with Crippen LogP contribution >= 0.6 is 11.8 Å². The van der Waals surface area contributed by atoms with Gasteiger partial charge in [-0.25, -0.2) is 0 Å².